The monoisotopic (exact) mass is 364 g/mol. The van der Waals surface area contributed by atoms with Crippen molar-refractivity contribution in [3.8, 4) is 0 Å². The van der Waals surface area contributed by atoms with Crippen molar-refractivity contribution in [2.45, 2.75) is 39.2 Å². The van der Waals surface area contributed by atoms with Crippen molar-refractivity contribution < 1.29 is 19.5 Å². The Morgan fingerprint density at radius 1 is 1.32 bits per heavy atom. The smallest absolute Gasteiger partial charge is 0.311 e. The molecule has 136 valence electrons. The van der Waals surface area contributed by atoms with Gasteiger partial charge in [0.05, 0.1) is 10.3 Å². The van der Waals surface area contributed by atoms with Crippen molar-refractivity contribution in [1.82, 2.24) is 9.80 Å². The van der Waals surface area contributed by atoms with Crippen LogP contribution in [0, 0.1) is 11.3 Å². The maximum atomic E-state index is 13.0. The first-order valence-electron chi connectivity index (χ1n) is 8.73. The number of carbonyl (C=O) groups is 3. The fraction of sp³-hybridized carbons (Fsp3) is 0.611. The lowest BCUT2D eigenvalue weighted by molar-refractivity contribution is -0.151. The van der Waals surface area contributed by atoms with Gasteiger partial charge >= 0.3 is 5.97 Å². The molecule has 7 heteroatoms. The van der Waals surface area contributed by atoms with Crippen LogP contribution in [0.25, 0.3) is 0 Å². The van der Waals surface area contributed by atoms with E-state index in [0.29, 0.717) is 30.8 Å². The number of carboxylic acids is 1. The second kappa shape index (κ2) is 6.78. The van der Waals surface area contributed by atoms with Crippen molar-refractivity contribution in [3.05, 3.63) is 22.4 Å². The molecular formula is C18H24N2O4S. The number of rotatable bonds is 4. The Balaban J connectivity index is 1.74. The molecule has 6 nitrogen and oxygen atoms in total. The molecule has 2 atom stereocenters. The van der Waals surface area contributed by atoms with E-state index in [2.05, 4.69) is 0 Å². The van der Waals surface area contributed by atoms with Crippen LogP contribution in [0.5, 0.6) is 0 Å². The predicted octanol–water partition coefficient (Wildman–Crippen LogP) is 2.31. The van der Waals surface area contributed by atoms with E-state index in [1.165, 1.54) is 11.3 Å². The highest BCUT2D eigenvalue weighted by molar-refractivity contribution is 7.12. The Labute approximate surface area is 151 Å². The summed E-state index contributed by atoms with van der Waals surface area (Å²) in [6.45, 7) is 5.04. The van der Waals surface area contributed by atoms with E-state index < -0.39 is 17.4 Å². The van der Waals surface area contributed by atoms with Crippen LogP contribution in [0.3, 0.4) is 0 Å². The van der Waals surface area contributed by atoms with E-state index in [1.54, 1.807) is 15.9 Å². The molecule has 2 aliphatic heterocycles. The number of thiophene rings is 1. The topological polar surface area (TPSA) is 77.9 Å². The Morgan fingerprint density at radius 3 is 2.64 bits per heavy atom. The molecule has 1 aromatic heterocycles. The molecule has 2 unspecified atom stereocenters. The lowest BCUT2D eigenvalue weighted by atomic mass is 9.76. The third-order valence-electron chi connectivity index (χ3n) is 5.67. The van der Waals surface area contributed by atoms with E-state index >= 15 is 0 Å². The van der Waals surface area contributed by atoms with E-state index in [-0.39, 0.29) is 24.3 Å². The maximum absolute atomic E-state index is 13.0. The quantitative estimate of drug-likeness (QED) is 0.889. The second-order valence-electron chi connectivity index (χ2n) is 7.26. The summed E-state index contributed by atoms with van der Waals surface area (Å²) in [5.74, 6) is -1.09. The minimum absolute atomic E-state index is 0.0461. The number of carboxylic acid groups (broad SMARTS) is 1. The van der Waals surface area contributed by atoms with Gasteiger partial charge in [0.15, 0.2) is 0 Å². The fourth-order valence-corrected chi connectivity index (χ4v) is 4.61. The lowest BCUT2D eigenvalue weighted by Crippen LogP contribution is -2.48. The zero-order valence-electron chi connectivity index (χ0n) is 14.6. The highest BCUT2D eigenvalue weighted by atomic mass is 32.1. The highest BCUT2D eigenvalue weighted by Crippen LogP contribution is 2.39. The largest absolute Gasteiger partial charge is 0.481 e. The van der Waals surface area contributed by atoms with Crippen LogP contribution in [0.15, 0.2) is 17.5 Å². The van der Waals surface area contributed by atoms with E-state index in [4.69, 9.17) is 0 Å². The Kier molecular flexibility index (Phi) is 4.86. The minimum Gasteiger partial charge on any atom is -0.481 e. The van der Waals surface area contributed by atoms with E-state index in [9.17, 15) is 19.5 Å². The van der Waals surface area contributed by atoms with Crippen molar-refractivity contribution >= 4 is 29.1 Å². The lowest BCUT2D eigenvalue weighted by Gasteiger charge is -2.31. The number of hydrogen-bond acceptors (Lipinski definition) is 4. The molecule has 1 N–H and O–H groups in total. The molecule has 3 rings (SSSR count). The summed E-state index contributed by atoms with van der Waals surface area (Å²) in [5, 5.41) is 11.5. The fourth-order valence-electron chi connectivity index (χ4n) is 3.93. The molecule has 0 saturated carbocycles. The highest BCUT2D eigenvalue weighted by Gasteiger charge is 2.50. The first-order valence-corrected chi connectivity index (χ1v) is 9.61. The summed E-state index contributed by atoms with van der Waals surface area (Å²) >= 11 is 1.38. The van der Waals surface area contributed by atoms with Gasteiger partial charge in [0.1, 0.15) is 6.04 Å². The van der Waals surface area contributed by atoms with Gasteiger partial charge in [-0.1, -0.05) is 19.9 Å². The van der Waals surface area contributed by atoms with Gasteiger partial charge in [0, 0.05) is 19.6 Å². The minimum atomic E-state index is -0.878. The summed E-state index contributed by atoms with van der Waals surface area (Å²) in [7, 11) is 0. The third kappa shape index (κ3) is 3.05. The molecule has 2 amide bonds. The number of carbonyl (C=O) groups excluding carboxylic acids is 2. The normalized spacial score (nSPS) is 26.4. The summed E-state index contributed by atoms with van der Waals surface area (Å²) in [4.78, 5) is 41.4. The van der Waals surface area contributed by atoms with Gasteiger partial charge in [-0.2, -0.15) is 0 Å². The zero-order valence-corrected chi connectivity index (χ0v) is 15.4. The maximum Gasteiger partial charge on any atom is 0.311 e. The average Bonchev–Trinajstić information content (AvgIpc) is 3.33. The van der Waals surface area contributed by atoms with Gasteiger partial charge in [-0.05, 0) is 36.6 Å². The van der Waals surface area contributed by atoms with Crippen LogP contribution in [0.2, 0.25) is 0 Å². The van der Waals surface area contributed by atoms with Gasteiger partial charge in [-0.15, -0.1) is 11.3 Å². The first-order chi connectivity index (χ1) is 11.9. The van der Waals surface area contributed by atoms with Crippen LogP contribution >= 0.6 is 11.3 Å². The molecule has 0 aliphatic carbocycles. The van der Waals surface area contributed by atoms with Crippen molar-refractivity contribution in [1.29, 1.82) is 0 Å². The molecule has 0 bridgehead atoms. The van der Waals surface area contributed by atoms with Gasteiger partial charge in [-0.25, -0.2) is 0 Å². The van der Waals surface area contributed by atoms with E-state index in [0.717, 1.165) is 6.42 Å². The number of likely N-dealkylation sites (tertiary alicyclic amines) is 2. The standard InChI is InChI=1S/C18H24N2O4S/c1-12(2)18(17(23)24)7-9-19(11-18)15(21)13-5-3-8-20(13)16(22)14-6-4-10-25-14/h4,6,10,12-13H,3,5,7-9,11H2,1-2H3,(H,23,24). The molecule has 25 heavy (non-hydrogen) atoms. The number of nitrogens with zero attached hydrogens (tertiary/aromatic N) is 2. The molecule has 2 saturated heterocycles. The molecule has 1 aromatic rings. The van der Waals surface area contributed by atoms with Gasteiger partial charge in [0.25, 0.3) is 5.91 Å². The van der Waals surface area contributed by atoms with Crippen molar-refractivity contribution in [3.63, 3.8) is 0 Å². The second-order valence-corrected chi connectivity index (χ2v) is 8.21. The Bertz CT molecular complexity index is 673. The predicted molar refractivity (Wildman–Crippen MR) is 94.5 cm³/mol. The van der Waals surface area contributed by atoms with Crippen LogP contribution in [0.1, 0.15) is 42.8 Å². The van der Waals surface area contributed by atoms with Gasteiger partial charge < -0.3 is 14.9 Å². The molecule has 2 fully saturated rings. The molecule has 0 radical (unpaired) electrons. The first kappa shape index (κ1) is 17.9. The van der Waals surface area contributed by atoms with Gasteiger partial charge in [0.2, 0.25) is 5.91 Å². The SMILES string of the molecule is CC(C)C1(C(=O)O)CCN(C(=O)C2CCCN2C(=O)c2cccs2)C1. The molecule has 3 heterocycles. The molecular weight excluding hydrogens is 340 g/mol. The van der Waals surface area contributed by atoms with Crippen LogP contribution in [-0.2, 0) is 9.59 Å². The molecule has 0 aromatic carbocycles. The zero-order chi connectivity index (χ0) is 18.2. The molecule has 2 aliphatic rings. The number of hydrogen-bond donors (Lipinski definition) is 1. The average molecular weight is 364 g/mol. The number of aliphatic carboxylic acids is 1. The Hall–Kier alpha value is -1.89. The summed E-state index contributed by atoms with van der Waals surface area (Å²) < 4.78 is 0. The molecule has 0 spiro atoms. The summed E-state index contributed by atoms with van der Waals surface area (Å²) in [6, 6.07) is 3.14. The third-order valence-corrected chi connectivity index (χ3v) is 6.53. The van der Waals surface area contributed by atoms with E-state index in [1.807, 2.05) is 25.3 Å². The van der Waals surface area contributed by atoms with Crippen LogP contribution in [-0.4, -0.2) is 58.4 Å². The van der Waals surface area contributed by atoms with Gasteiger partial charge in [-0.3, -0.25) is 14.4 Å². The number of amides is 2. The van der Waals surface area contributed by atoms with Crippen molar-refractivity contribution in [2.75, 3.05) is 19.6 Å². The Morgan fingerprint density at radius 2 is 2.08 bits per heavy atom. The summed E-state index contributed by atoms with van der Waals surface area (Å²) in [6.07, 6.45) is 1.92. The van der Waals surface area contributed by atoms with Crippen molar-refractivity contribution in [2.24, 2.45) is 11.3 Å². The van der Waals surface area contributed by atoms with Crippen LogP contribution < -0.4 is 0 Å². The van der Waals surface area contributed by atoms with Crippen LogP contribution in [0.4, 0.5) is 0 Å². The summed E-state index contributed by atoms with van der Waals surface area (Å²) in [5.41, 5.74) is -0.878.